The Morgan fingerprint density at radius 3 is 2.52 bits per heavy atom. The smallest absolute Gasteiger partial charge is 0.276 e. The summed E-state index contributed by atoms with van der Waals surface area (Å²) in [5, 5.41) is 20.1. The number of piperazine rings is 1. The first-order valence-electron chi connectivity index (χ1n) is 8.80. The summed E-state index contributed by atoms with van der Waals surface area (Å²) in [5.74, 6) is -0.322. The van der Waals surface area contributed by atoms with E-state index >= 15 is 0 Å². The minimum atomic E-state index is -0.469. The molecule has 27 heavy (non-hydrogen) atoms. The van der Waals surface area contributed by atoms with Gasteiger partial charge in [-0.15, -0.1) is 0 Å². The molecule has 1 saturated heterocycles. The molecule has 2 aliphatic heterocycles. The number of hydrogen-bond acceptors (Lipinski definition) is 6. The quantitative estimate of drug-likeness (QED) is 0.662. The third-order valence-electron chi connectivity index (χ3n) is 4.77. The monoisotopic (exact) mass is 365 g/mol. The first-order chi connectivity index (χ1) is 13.1. The Morgan fingerprint density at radius 2 is 1.81 bits per heavy atom. The molecular formula is C19H19N5O3. The van der Waals surface area contributed by atoms with Crippen LogP contribution in [0.5, 0.6) is 0 Å². The molecule has 4 rings (SSSR count). The SMILES string of the molecule is O=C1Nc2ccc([N+](=O)[O-])cc2C1=NN1CCN(Cc2ccccc2)CC1. The van der Waals surface area contributed by atoms with Crippen LogP contribution < -0.4 is 5.32 Å². The number of carbonyl (C=O) groups is 1. The molecule has 0 radical (unpaired) electrons. The molecule has 8 heteroatoms. The lowest BCUT2D eigenvalue weighted by atomic mass is 10.1. The molecule has 0 aliphatic carbocycles. The van der Waals surface area contributed by atoms with Gasteiger partial charge in [-0.25, -0.2) is 0 Å². The molecular weight excluding hydrogens is 346 g/mol. The van der Waals surface area contributed by atoms with Gasteiger partial charge >= 0.3 is 0 Å². The van der Waals surface area contributed by atoms with Crippen molar-refractivity contribution in [3.63, 3.8) is 0 Å². The zero-order chi connectivity index (χ0) is 18.8. The Balaban J connectivity index is 1.45. The van der Waals surface area contributed by atoms with Crippen molar-refractivity contribution in [1.82, 2.24) is 9.91 Å². The fourth-order valence-electron chi connectivity index (χ4n) is 3.33. The number of hydrazone groups is 1. The maximum Gasteiger partial charge on any atom is 0.276 e. The predicted molar refractivity (Wildman–Crippen MR) is 102 cm³/mol. The van der Waals surface area contributed by atoms with Gasteiger partial charge in [-0.2, -0.15) is 5.10 Å². The van der Waals surface area contributed by atoms with Crippen LogP contribution in [0.15, 0.2) is 53.6 Å². The van der Waals surface area contributed by atoms with Crippen LogP contribution in [0.3, 0.4) is 0 Å². The highest BCUT2D eigenvalue weighted by molar-refractivity contribution is 6.53. The van der Waals surface area contributed by atoms with E-state index in [0.717, 1.165) is 19.6 Å². The maximum atomic E-state index is 12.2. The first kappa shape index (κ1) is 17.2. The summed E-state index contributed by atoms with van der Waals surface area (Å²) in [7, 11) is 0. The average Bonchev–Trinajstić information content (AvgIpc) is 2.99. The predicted octanol–water partition coefficient (Wildman–Crippen LogP) is 2.07. The van der Waals surface area contributed by atoms with Crippen molar-refractivity contribution in [2.75, 3.05) is 31.5 Å². The molecule has 0 unspecified atom stereocenters. The Kier molecular flexibility index (Phi) is 4.55. The second kappa shape index (κ2) is 7.16. The van der Waals surface area contributed by atoms with Crippen LogP contribution in [0, 0.1) is 10.1 Å². The van der Waals surface area contributed by atoms with Crippen molar-refractivity contribution >= 4 is 23.0 Å². The maximum absolute atomic E-state index is 12.2. The number of hydrogen-bond donors (Lipinski definition) is 1. The Morgan fingerprint density at radius 1 is 1.07 bits per heavy atom. The molecule has 1 fully saturated rings. The third kappa shape index (κ3) is 3.65. The standard InChI is InChI=1S/C19H19N5O3/c25-19-18(16-12-15(24(26)27)6-7-17(16)20-19)21-23-10-8-22(9-11-23)13-14-4-2-1-3-5-14/h1-7,12H,8-11,13H2,(H,20,21,25). The largest absolute Gasteiger partial charge is 0.320 e. The summed E-state index contributed by atoms with van der Waals surface area (Å²) in [4.78, 5) is 25.1. The van der Waals surface area contributed by atoms with Crippen LogP contribution in [0.1, 0.15) is 11.1 Å². The summed E-state index contributed by atoms with van der Waals surface area (Å²) < 4.78 is 0. The number of nitrogens with zero attached hydrogens (tertiary/aromatic N) is 4. The van der Waals surface area contributed by atoms with Gasteiger partial charge in [0, 0.05) is 50.4 Å². The Bertz CT molecular complexity index is 905. The third-order valence-corrected chi connectivity index (χ3v) is 4.77. The van der Waals surface area contributed by atoms with E-state index in [1.54, 1.807) is 6.07 Å². The van der Waals surface area contributed by atoms with E-state index in [1.807, 2.05) is 23.2 Å². The van der Waals surface area contributed by atoms with Crippen LogP contribution >= 0.6 is 0 Å². The van der Waals surface area contributed by atoms with Gasteiger partial charge in [-0.1, -0.05) is 30.3 Å². The van der Waals surface area contributed by atoms with Crippen LogP contribution in [0.2, 0.25) is 0 Å². The van der Waals surface area contributed by atoms with Gasteiger partial charge in [0.1, 0.15) is 0 Å². The summed E-state index contributed by atoms with van der Waals surface area (Å²) in [6.07, 6.45) is 0. The summed E-state index contributed by atoms with van der Waals surface area (Å²) in [5.41, 5.74) is 2.51. The number of carbonyl (C=O) groups excluding carboxylic acids is 1. The lowest BCUT2D eigenvalue weighted by Crippen LogP contribution is -2.44. The van der Waals surface area contributed by atoms with Crippen LogP contribution in [-0.2, 0) is 11.3 Å². The molecule has 0 aromatic heterocycles. The normalized spacial score (nSPS) is 18.4. The number of non-ortho nitro benzene ring substituents is 1. The minimum Gasteiger partial charge on any atom is -0.320 e. The van der Waals surface area contributed by atoms with Gasteiger partial charge in [-0.3, -0.25) is 24.8 Å². The van der Waals surface area contributed by atoms with E-state index in [0.29, 0.717) is 24.3 Å². The Labute approximate surface area is 156 Å². The fourth-order valence-corrected chi connectivity index (χ4v) is 3.33. The summed E-state index contributed by atoms with van der Waals surface area (Å²) in [6.45, 7) is 3.98. The molecule has 2 aromatic rings. The highest BCUT2D eigenvalue weighted by atomic mass is 16.6. The Hall–Kier alpha value is -3.26. The molecule has 8 nitrogen and oxygen atoms in total. The van der Waals surface area contributed by atoms with E-state index in [4.69, 9.17) is 0 Å². The highest BCUT2D eigenvalue weighted by Crippen LogP contribution is 2.28. The first-order valence-corrected chi connectivity index (χ1v) is 8.80. The van der Waals surface area contributed by atoms with Gasteiger partial charge in [0.25, 0.3) is 11.6 Å². The van der Waals surface area contributed by atoms with Crippen molar-refractivity contribution in [2.24, 2.45) is 5.10 Å². The second-order valence-electron chi connectivity index (χ2n) is 6.61. The molecule has 0 spiro atoms. The van der Waals surface area contributed by atoms with Gasteiger partial charge in [0.05, 0.1) is 10.6 Å². The molecule has 138 valence electrons. The van der Waals surface area contributed by atoms with E-state index in [2.05, 4.69) is 27.5 Å². The lowest BCUT2D eigenvalue weighted by Gasteiger charge is -2.33. The summed E-state index contributed by atoms with van der Waals surface area (Å²) in [6, 6.07) is 14.6. The number of nitro groups is 1. The fraction of sp³-hybridized carbons (Fsp3) is 0.263. The molecule has 2 heterocycles. The van der Waals surface area contributed by atoms with Crippen LogP contribution in [-0.4, -0.2) is 52.6 Å². The average molecular weight is 365 g/mol. The van der Waals surface area contributed by atoms with Gasteiger partial charge in [0.2, 0.25) is 0 Å². The topological polar surface area (TPSA) is 91.1 Å². The number of fused-ring (bicyclic) bond motifs is 1. The molecule has 2 aliphatic rings. The van der Waals surface area contributed by atoms with Crippen LogP contribution in [0.25, 0.3) is 0 Å². The molecule has 0 bridgehead atoms. The van der Waals surface area contributed by atoms with Gasteiger partial charge in [-0.05, 0) is 11.6 Å². The molecule has 0 saturated carbocycles. The van der Waals surface area contributed by atoms with E-state index < -0.39 is 4.92 Å². The van der Waals surface area contributed by atoms with E-state index in [-0.39, 0.29) is 17.3 Å². The van der Waals surface area contributed by atoms with Gasteiger partial charge < -0.3 is 5.32 Å². The number of benzene rings is 2. The minimum absolute atomic E-state index is 0.0503. The lowest BCUT2D eigenvalue weighted by molar-refractivity contribution is -0.384. The molecule has 1 N–H and O–H groups in total. The number of amides is 1. The summed E-state index contributed by atoms with van der Waals surface area (Å²) >= 11 is 0. The number of anilines is 1. The number of nitrogens with one attached hydrogen (secondary N) is 1. The molecule has 2 aromatic carbocycles. The van der Waals surface area contributed by atoms with Crippen molar-refractivity contribution in [3.8, 4) is 0 Å². The second-order valence-corrected chi connectivity index (χ2v) is 6.61. The van der Waals surface area contributed by atoms with Gasteiger partial charge in [0.15, 0.2) is 5.71 Å². The number of nitro benzene ring substituents is 1. The zero-order valence-electron chi connectivity index (χ0n) is 14.7. The van der Waals surface area contributed by atoms with Crippen molar-refractivity contribution in [2.45, 2.75) is 6.54 Å². The molecule has 0 atom stereocenters. The molecule has 1 amide bonds. The van der Waals surface area contributed by atoms with Crippen molar-refractivity contribution in [1.29, 1.82) is 0 Å². The van der Waals surface area contributed by atoms with Crippen LogP contribution in [0.4, 0.5) is 11.4 Å². The van der Waals surface area contributed by atoms with E-state index in [9.17, 15) is 14.9 Å². The number of rotatable bonds is 4. The van der Waals surface area contributed by atoms with Crippen molar-refractivity contribution < 1.29 is 9.72 Å². The van der Waals surface area contributed by atoms with E-state index in [1.165, 1.54) is 17.7 Å². The highest BCUT2D eigenvalue weighted by Gasteiger charge is 2.29. The zero-order valence-corrected chi connectivity index (χ0v) is 14.7. The van der Waals surface area contributed by atoms with Crippen molar-refractivity contribution in [3.05, 3.63) is 69.8 Å².